The van der Waals surface area contributed by atoms with Gasteiger partial charge in [0.1, 0.15) is 5.82 Å². The Hall–Kier alpha value is -1.30. The molecule has 2 rings (SSSR count). The zero-order valence-corrected chi connectivity index (χ0v) is 15.4. The van der Waals surface area contributed by atoms with Crippen LogP contribution in [0.2, 0.25) is 19.6 Å². The quantitative estimate of drug-likeness (QED) is 0.528. The van der Waals surface area contributed by atoms with Gasteiger partial charge in [-0.1, -0.05) is 15.9 Å². The lowest BCUT2D eigenvalue weighted by atomic mass is 9.99. The van der Waals surface area contributed by atoms with Gasteiger partial charge in [0.05, 0.1) is 6.61 Å². The molecule has 0 atom stereocenters. The standard InChI is InChI=1S/C17H18BrFO2Si/c1-22(2,3)21-11-13-10-14(18)6-9-16(13)17(20)12-4-7-15(19)8-5-12/h4-10H,11H2,1-3H3. The summed E-state index contributed by atoms with van der Waals surface area (Å²) in [5.41, 5.74) is 1.90. The molecule has 5 heteroatoms. The van der Waals surface area contributed by atoms with E-state index in [2.05, 4.69) is 35.6 Å². The molecule has 0 aromatic heterocycles. The van der Waals surface area contributed by atoms with Crippen molar-refractivity contribution in [3.05, 3.63) is 69.4 Å². The second-order valence-electron chi connectivity index (χ2n) is 6.04. The fourth-order valence-electron chi connectivity index (χ4n) is 1.95. The van der Waals surface area contributed by atoms with E-state index in [1.807, 2.05) is 12.1 Å². The topological polar surface area (TPSA) is 26.3 Å². The maximum Gasteiger partial charge on any atom is 0.193 e. The van der Waals surface area contributed by atoms with Gasteiger partial charge in [-0.3, -0.25) is 4.79 Å². The molecule has 0 bridgehead atoms. The molecule has 0 saturated heterocycles. The van der Waals surface area contributed by atoms with Gasteiger partial charge in [0, 0.05) is 15.6 Å². The van der Waals surface area contributed by atoms with E-state index in [-0.39, 0.29) is 11.6 Å². The Morgan fingerprint density at radius 2 is 1.77 bits per heavy atom. The fourth-order valence-corrected chi connectivity index (χ4v) is 2.95. The first kappa shape index (κ1) is 17.1. The number of carbonyl (C=O) groups is 1. The first-order valence-electron chi connectivity index (χ1n) is 6.99. The summed E-state index contributed by atoms with van der Waals surface area (Å²) >= 11 is 3.43. The van der Waals surface area contributed by atoms with E-state index in [0.717, 1.165) is 10.0 Å². The third-order valence-electron chi connectivity index (χ3n) is 3.08. The molecule has 2 nitrogen and oxygen atoms in total. The van der Waals surface area contributed by atoms with Crippen LogP contribution >= 0.6 is 15.9 Å². The normalized spacial score (nSPS) is 11.5. The molecule has 0 fully saturated rings. The van der Waals surface area contributed by atoms with E-state index in [1.165, 1.54) is 24.3 Å². The van der Waals surface area contributed by atoms with Crippen LogP contribution in [0, 0.1) is 5.82 Å². The molecule has 116 valence electrons. The summed E-state index contributed by atoms with van der Waals surface area (Å²) in [4.78, 5) is 12.6. The molecule has 22 heavy (non-hydrogen) atoms. The molecular weight excluding hydrogens is 363 g/mol. The van der Waals surface area contributed by atoms with Crippen LogP contribution in [0.4, 0.5) is 4.39 Å². The molecule has 0 aliphatic rings. The zero-order chi connectivity index (χ0) is 16.3. The highest BCUT2D eigenvalue weighted by Crippen LogP contribution is 2.22. The summed E-state index contributed by atoms with van der Waals surface area (Å²) in [5, 5.41) is 0. The summed E-state index contributed by atoms with van der Waals surface area (Å²) < 4.78 is 19.8. The van der Waals surface area contributed by atoms with Gasteiger partial charge in [0.2, 0.25) is 0 Å². The summed E-state index contributed by atoms with van der Waals surface area (Å²) in [7, 11) is -1.68. The summed E-state index contributed by atoms with van der Waals surface area (Å²) in [5.74, 6) is -0.476. The molecule has 0 aliphatic carbocycles. The highest BCUT2D eigenvalue weighted by Gasteiger charge is 2.18. The number of carbonyl (C=O) groups excluding carboxylic acids is 1. The van der Waals surface area contributed by atoms with E-state index in [0.29, 0.717) is 17.7 Å². The number of rotatable bonds is 5. The van der Waals surface area contributed by atoms with Crippen LogP contribution < -0.4 is 0 Å². The average Bonchev–Trinajstić information content (AvgIpc) is 2.44. The molecule has 0 radical (unpaired) electrons. The minimum absolute atomic E-state index is 0.123. The Morgan fingerprint density at radius 3 is 2.36 bits per heavy atom. The van der Waals surface area contributed by atoms with Crippen LogP contribution in [0.1, 0.15) is 21.5 Å². The highest BCUT2D eigenvalue weighted by molar-refractivity contribution is 9.10. The summed E-state index contributed by atoms with van der Waals surface area (Å²) in [6, 6.07) is 11.1. The van der Waals surface area contributed by atoms with Crippen molar-refractivity contribution < 1.29 is 13.6 Å². The van der Waals surface area contributed by atoms with Crippen LogP contribution in [0.3, 0.4) is 0 Å². The number of benzene rings is 2. The third-order valence-corrected chi connectivity index (χ3v) is 4.58. The number of ketones is 1. The van der Waals surface area contributed by atoms with E-state index in [4.69, 9.17) is 4.43 Å². The molecule has 2 aromatic rings. The largest absolute Gasteiger partial charge is 0.413 e. The first-order chi connectivity index (χ1) is 10.3. The third kappa shape index (κ3) is 4.60. The molecule has 0 unspecified atom stereocenters. The van der Waals surface area contributed by atoms with Crippen LogP contribution in [0.25, 0.3) is 0 Å². The van der Waals surface area contributed by atoms with E-state index in [1.54, 1.807) is 6.07 Å². The lowest BCUT2D eigenvalue weighted by Crippen LogP contribution is -2.25. The van der Waals surface area contributed by atoms with Gasteiger partial charge in [-0.25, -0.2) is 4.39 Å². The van der Waals surface area contributed by atoms with E-state index >= 15 is 0 Å². The Kier molecular flexibility index (Phi) is 5.31. The summed E-state index contributed by atoms with van der Waals surface area (Å²) in [6.07, 6.45) is 0. The van der Waals surface area contributed by atoms with Gasteiger partial charge in [0.15, 0.2) is 14.1 Å². The Bertz CT molecular complexity index is 678. The van der Waals surface area contributed by atoms with Crippen molar-refractivity contribution in [1.29, 1.82) is 0 Å². The lowest BCUT2D eigenvalue weighted by Gasteiger charge is -2.18. The van der Waals surface area contributed by atoms with Crippen molar-refractivity contribution in [3.63, 3.8) is 0 Å². The number of hydrogen-bond acceptors (Lipinski definition) is 2. The zero-order valence-electron chi connectivity index (χ0n) is 12.8. The number of halogens is 2. The van der Waals surface area contributed by atoms with Crippen LogP contribution in [0.15, 0.2) is 46.9 Å². The van der Waals surface area contributed by atoms with Crippen molar-refractivity contribution in [1.82, 2.24) is 0 Å². The molecule has 0 aliphatic heterocycles. The Balaban J connectivity index is 2.33. The van der Waals surface area contributed by atoms with Crippen LogP contribution in [-0.2, 0) is 11.0 Å². The van der Waals surface area contributed by atoms with E-state index < -0.39 is 8.32 Å². The minimum atomic E-state index is -1.68. The van der Waals surface area contributed by atoms with Gasteiger partial charge < -0.3 is 4.43 Å². The lowest BCUT2D eigenvalue weighted by molar-refractivity contribution is 0.103. The van der Waals surface area contributed by atoms with Gasteiger partial charge in [-0.15, -0.1) is 0 Å². The first-order valence-corrected chi connectivity index (χ1v) is 11.2. The molecule has 0 saturated carbocycles. The molecule has 0 spiro atoms. The second kappa shape index (κ2) is 6.85. The van der Waals surface area contributed by atoms with Crippen molar-refractivity contribution in [2.24, 2.45) is 0 Å². The van der Waals surface area contributed by atoms with Gasteiger partial charge in [0.25, 0.3) is 0 Å². The second-order valence-corrected chi connectivity index (χ2v) is 11.5. The van der Waals surface area contributed by atoms with Crippen molar-refractivity contribution in [2.45, 2.75) is 26.2 Å². The number of hydrogen-bond donors (Lipinski definition) is 0. The minimum Gasteiger partial charge on any atom is -0.413 e. The predicted molar refractivity (Wildman–Crippen MR) is 92.1 cm³/mol. The van der Waals surface area contributed by atoms with Gasteiger partial charge >= 0.3 is 0 Å². The van der Waals surface area contributed by atoms with Crippen LogP contribution in [-0.4, -0.2) is 14.1 Å². The SMILES string of the molecule is C[Si](C)(C)OCc1cc(Br)ccc1C(=O)c1ccc(F)cc1. The van der Waals surface area contributed by atoms with Crippen molar-refractivity contribution in [3.8, 4) is 0 Å². The van der Waals surface area contributed by atoms with Crippen molar-refractivity contribution >= 4 is 30.0 Å². The molecule has 0 N–H and O–H groups in total. The fraction of sp³-hybridized carbons (Fsp3) is 0.235. The predicted octanol–water partition coefficient (Wildman–Crippen LogP) is 5.17. The maximum absolute atomic E-state index is 13.0. The highest BCUT2D eigenvalue weighted by atomic mass is 79.9. The summed E-state index contributed by atoms with van der Waals surface area (Å²) in [6.45, 7) is 6.71. The molecule has 0 amide bonds. The van der Waals surface area contributed by atoms with Gasteiger partial charge in [-0.05, 0) is 67.7 Å². The average molecular weight is 381 g/mol. The monoisotopic (exact) mass is 380 g/mol. The van der Waals surface area contributed by atoms with Crippen molar-refractivity contribution in [2.75, 3.05) is 0 Å². The maximum atomic E-state index is 13.0. The smallest absolute Gasteiger partial charge is 0.193 e. The molecule has 0 heterocycles. The Labute approximate surface area is 139 Å². The van der Waals surface area contributed by atoms with Gasteiger partial charge in [-0.2, -0.15) is 0 Å². The Morgan fingerprint density at radius 1 is 1.14 bits per heavy atom. The van der Waals surface area contributed by atoms with E-state index in [9.17, 15) is 9.18 Å². The molecule has 2 aromatic carbocycles. The van der Waals surface area contributed by atoms with Crippen LogP contribution in [0.5, 0.6) is 0 Å². The molecular formula is C17H18BrFO2Si.